The van der Waals surface area contributed by atoms with E-state index in [0.29, 0.717) is 30.8 Å². The highest BCUT2D eigenvalue weighted by molar-refractivity contribution is 5.88. The van der Waals surface area contributed by atoms with Crippen LogP contribution in [0.15, 0.2) is 42.7 Å². The topological polar surface area (TPSA) is 95.5 Å². The molecule has 3 fully saturated rings. The zero-order valence-corrected chi connectivity index (χ0v) is 21.4. The number of amides is 1. The van der Waals surface area contributed by atoms with Gasteiger partial charge in [-0.2, -0.15) is 0 Å². The van der Waals surface area contributed by atoms with Crippen molar-refractivity contribution in [3.63, 3.8) is 0 Å². The molecule has 9 heteroatoms. The van der Waals surface area contributed by atoms with Crippen molar-refractivity contribution >= 4 is 28.4 Å². The zero-order valence-electron chi connectivity index (χ0n) is 21.4. The molecule has 1 amide bonds. The number of ether oxygens (including phenoxy) is 1. The summed E-state index contributed by atoms with van der Waals surface area (Å²) in [4.78, 5) is 30.9. The Kier molecular flexibility index (Phi) is 6.65. The number of carbonyl (C=O) groups excluding carboxylic acids is 1. The summed E-state index contributed by atoms with van der Waals surface area (Å²) in [6, 6.07) is 10.5. The first-order valence-electron chi connectivity index (χ1n) is 13.4. The van der Waals surface area contributed by atoms with E-state index in [-0.39, 0.29) is 5.60 Å². The van der Waals surface area contributed by atoms with Crippen LogP contribution in [-0.4, -0.2) is 83.8 Å². The number of benzene rings is 1. The molecule has 1 atom stereocenters. The summed E-state index contributed by atoms with van der Waals surface area (Å²) in [5, 5.41) is 6.88. The normalized spacial score (nSPS) is 22.3. The van der Waals surface area contributed by atoms with Crippen molar-refractivity contribution in [2.75, 3.05) is 62.6 Å². The second-order valence-corrected chi connectivity index (χ2v) is 10.7. The molecule has 2 aliphatic heterocycles. The Morgan fingerprint density at radius 1 is 1.14 bits per heavy atom. The maximum atomic E-state index is 12.4. The number of carbonyl (C=O) groups is 1. The number of nitrogens with one attached hydrogen (secondary N) is 2. The molecule has 4 heterocycles. The molecule has 9 nitrogen and oxygen atoms in total. The smallest absolute Gasteiger partial charge is 0.222 e. The van der Waals surface area contributed by atoms with E-state index in [1.165, 1.54) is 18.5 Å². The lowest BCUT2D eigenvalue weighted by molar-refractivity contribution is -0.131. The first-order chi connectivity index (χ1) is 18.1. The maximum Gasteiger partial charge on any atom is 0.222 e. The number of aromatic nitrogens is 3. The highest BCUT2D eigenvalue weighted by atomic mass is 16.5. The molecule has 2 aromatic heterocycles. The Labute approximate surface area is 217 Å². The Balaban J connectivity index is 1.16. The molecule has 2 N–H and O–H groups in total. The van der Waals surface area contributed by atoms with E-state index >= 15 is 0 Å². The summed E-state index contributed by atoms with van der Waals surface area (Å²) in [5.41, 5.74) is 4.30. The molecule has 0 spiro atoms. The van der Waals surface area contributed by atoms with Crippen LogP contribution in [0.4, 0.5) is 11.5 Å². The Morgan fingerprint density at radius 3 is 2.65 bits per heavy atom. The summed E-state index contributed by atoms with van der Waals surface area (Å²) in [5.74, 6) is 1.68. The van der Waals surface area contributed by atoms with Gasteiger partial charge in [-0.15, -0.1) is 0 Å². The van der Waals surface area contributed by atoms with Gasteiger partial charge in [-0.3, -0.25) is 9.78 Å². The van der Waals surface area contributed by atoms with E-state index in [9.17, 15) is 4.79 Å². The highest BCUT2D eigenvalue weighted by Gasteiger charge is 2.29. The van der Waals surface area contributed by atoms with Gasteiger partial charge in [0, 0.05) is 75.9 Å². The number of piperazine rings is 1. The Hall–Kier alpha value is -3.30. The third-order valence-electron chi connectivity index (χ3n) is 7.64. The fourth-order valence-electron chi connectivity index (χ4n) is 5.16. The van der Waals surface area contributed by atoms with Gasteiger partial charge in [0.1, 0.15) is 5.52 Å². The number of rotatable bonds is 7. The van der Waals surface area contributed by atoms with E-state index in [1.807, 2.05) is 11.0 Å². The van der Waals surface area contributed by atoms with Crippen LogP contribution in [0, 0.1) is 5.92 Å². The molecule has 3 aromatic rings. The molecule has 1 aromatic carbocycles. The fourth-order valence-corrected chi connectivity index (χ4v) is 5.16. The predicted octanol–water partition coefficient (Wildman–Crippen LogP) is 2.93. The van der Waals surface area contributed by atoms with Crippen molar-refractivity contribution in [1.82, 2.24) is 25.2 Å². The van der Waals surface area contributed by atoms with Gasteiger partial charge < -0.3 is 25.2 Å². The molecular formula is C28H35N7O2. The minimum Gasteiger partial charge on any atom is -0.371 e. The standard InChI is InChI=1S/C28H35N7O2/c1-28(18-29-10-15-37-28)19-32-27-26-24(30-8-9-31-26)17-23(33-27)21-4-6-22(7-5-21)34-11-13-35(14-12-34)25(36)16-20-2-3-20/h4-9,17,20,29H,2-3,10-16,18-19H2,1H3,(H,32,33). The van der Waals surface area contributed by atoms with Crippen LogP contribution < -0.4 is 15.5 Å². The van der Waals surface area contributed by atoms with Gasteiger partial charge in [0.2, 0.25) is 5.91 Å². The summed E-state index contributed by atoms with van der Waals surface area (Å²) >= 11 is 0. The van der Waals surface area contributed by atoms with Crippen LogP contribution in [0.25, 0.3) is 22.3 Å². The number of nitrogens with zero attached hydrogens (tertiary/aromatic N) is 5. The van der Waals surface area contributed by atoms with Gasteiger partial charge in [0.05, 0.1) is 23.4 Å². The first kappa shape index (κ1) is 24.1. The van der Waals surface area contributed by atoms with Crippen LogP contribution >= 0.6 is 0 Å². The van der Waals surface area contributed by atoms with Crippen LogP contribution in [0.2, 0.25) is 0 Å². The molecule has 6 rings (SSSR count). The molecule has 0 bridgehead atoms. The number of hydrogen-bond acceptors (Lipinski definition) is 8. The number of morpholine rings is 1. The largest absolute Gasteiger partial charge is 0.371 e. The average molecular weight is 502 g/mol. The van der Waals surface area contributed by atoms with Crippen LogP contribution in [0.5, 0.6) is 0 Å². The van der Waals surface area contributed by atoms with Gasteiger partial charge in [-0.25, -0.2) is 9.97 Å². The third-order valence-corrected chi connectivity index (χ3v) is 7.64. The summed E-state index contributed by atoms with van der Waals surface area (Å²) in [6.07, 6.45) is 6.59. The second kappa shape index (κ2) is 10.2. The van der Waals surface area contributed by atoms with Crippen molar-refractivity contribution in [1.29, 1.82) is 0 Å². The summed E-state index contributed by atoms with van der Waals surface area (Å²) < 4.78 is 6.01. The highest BCUT2D eigenvalue weighted by Crippen LogP contribution is 2.33. The van der Waals surface area contributed by atoms with Crippen LogP contribution in [-0.2, 0) is 9.53 Å². The van der Waals surface area contributed by atoms with Crippen molar-refractivity contribution in [2.45, 2.75) is 31.8 Å². The van der Waals surface area contributed by atoms with Crippen molar-refractivity contribution in [3.8, 4) is 11.3 Å². The third kappa shape index (κ3) is 5.52. The van der Waals surface area contributed by atoms with E-state index in [2.05, 4.69) is 56.7 Å². The molecule has 0 radical (unpaired) electrons. The lowest BCUT2D eigenvalue weighted by Crippen LogP contribution is -2.51. The Morgan fingerprint density at radius 2 is 1.92 bits per heavy atom. The summed E-state index contributed by atoms with van der Waals surface area (Å²) in [7, 11) is 0. The number of anilines is 2. The van der Waals surface area contributed by atoms with Crippen LogP contribution in [0.3, 0.4) is 0 Å². The van der Waals surface area contributed by atoms with E-state index in [1.54, 1.807) is 12.4 Å². The summed E-state index contributed by atoms with van der Waals surface area (Å²) in [6.45, 7) is 8.41. The molecule has 3 aliphatic rings. The lowest BCUT2D eigenvalue weighted by atomic mass is 10.1. The van der Waals surface area contributed by atoms with Gasteiger partial charge in [-0.05, 0) is 43.9 Å². The minimum atomic E-state index is -0.307. The molecule has 1 unspecified atom stereocenters. The quantitative estimate of drug-likeness (QED) is 0.510. The van der Waals surface area contributed by atoms with E-state index in [4.69, 9.17) is 9.72 Å². The Bertz CT molecular complexity index is 1250. The van der Waals surface area contributed by atoms with Crippen LogP contribution in [0.1, 0.15) is 26.2 Å². The molecule has 37 heavy (non-hydrogen) atoms. The fraction of sp³-hybridized carbons (Fsp3) is 0.500. The number of fused-ring (bicyclic) bond motifs is 1. The molecule has 1 saturated carbocycles. The maximum absolute atomic E-state index is 12.4. The van der Waals surface area contributed by atoms with Gasteiger partial charge in [0.15, 0.2) is 5.82 Å². The SMILES string of the molecule is CC1(CNc2nc(-c3ccc(N4CCN(C(=O)CC5CC5)CC4)cc3)cc3nccnc23)CNCCO1. The monoisotopic (exact) mass is 501 g/mol. The zero-order chi connectivity index (χ0) is 25.2. The van der Waals surface area contributed by atoms with E-state index < -0.39 is 0 Å². The minimum absolute atomic E-state index is 0.307. The molecule has 2 saturated heterocycles. The second-order valence-electron chi connectivity index (χ2n) is 10.7. The van der Waals surface area contributed by atoms with Gasteiger partial charge in [-0.1, -0.05) is 12.1 Å². The molecular weight excluding hydrogens is 466 g/mol. The predicted molar refractivity (Wildman–Crippen MR) is 145 cm³/mol. The number of pyridine rings is 1. The lowest BCUT2D eigenvalue weighted by Gasteiger charge is -2.36. The van der Waals surface area contributed by atoms with E-state index in [0.717, 1.165) is 68.0 Å². The van der Waals surface area contributed by atoms with Gasteiger partial charge >= 0.3 is 0 Å². The van der Waals surface area contributed by atoms with Gasteiger partial charge in [0.25, 0.3) is 0 Å². The number of hydrogen-bond donors (Lipinski definition) is 2. The average Bonchev–Trinajstić information content (AvgIpc) is 3.76. The molecule has 194 valence electrons. The van der Waals surface area contributed by atoms with Crippen molar-refractivity contribution in [3.05, 3.63) is 42.7 Å². The first-order valence-corrected chi connectivity index (χ1v) is 13.4. The molecule has 1 aliphatic carbocycles. The van der Waals surface area contributed by atoms with Crippen molar-refractivity contribution in [2.24, 2.45) is 5.92 Å². The van der Waals surface area contributed by atoms with Crippen molar-refractivity contribution < 1.29 is 9.53 Å².